The number of ether oxygens (including phenoxy) is 1. The summed E-state index contributed by atoms with van der Waals surface area (Å²) in [5, 5.41) is 12.3. The minimum atomic E-state index is -1.24. The first-order valence-corrected chi connectivity index (χ1v) is 5.85. The largest absolute Gasteiger partial charge is 0.479 e. The number of carboxylic acid groups (broad SMARTS) is 1. The van der Waals surface area contributed by atoms with Crippen LogP contribution >= 0.6 is 0 Å². The average Bonchev–Trinajstić information content (AvgIpc) is 3.15. The molecule has 1 aromatic carbocycles. The summed E-state index contributed by atoms with van der Waals surface area (Å²) in [6, 6.07) is 6.06. The van der Waals surface area contributed by atoms with Crippen molar-refractivity contribution in [1.29, 1.82) is 0 Å². The Morgan fingerprint density at radius 3 is 2.72 bits per heavy atom. The Hall–Kier alpha value is -1.62. The molecular weight excluding hydrogens is 237 g/mol. The molecule has 0 aromatic heterocycles. The van der Waals surface area contributed by atoms with Gasteiger partial charge < -0.3 is 15.2 Å². The topological polar surface area (TPSA) is 58.6 Å². The summed E-state index contributed by atoms with van der Waals surface area (Å²) in [4.78, 5) is 11.5. The molecule has 2 N–H and O–H groups in total. The quantitative estimate of drug-likeness (QED) is 0.815. The Morgan fingerprint density at radius 1 is 1.56 bits per heavy atom. The molecule has 1 aliphatic rings. The van der Waals surface area contributed by atoms with Crippen molar-refractivity contribution in [1.82, 2.24) is 0 Å². The van der Waals surface area contributed by atoms with Gasteiger partial charge in [-0.3, -0.25) is 0 Å². The van der Waals surface area contributed by atoms with Crippen LogP contribution in [0.1, 0.15) is 12.8 Å². The van der Waals surface area contributed by atoms with Gasteiger partial charge in [0.1, 0.15) is 5.82 Å². The third-order valence-electron chi connectivity index (χ3n) is 3.26. The number of carboxylic acids is 1. The van der Waals surface area contributed by atoms with Gasteiger partial charge in [0.25, 0.3) is 0 Å². The van der Waals surface area contributed by atoms with Crippen molar-refractivity contribution in [3.8, 4) is 0 Å². The smallest absolute Gasteiger partial charge is 0.332 e. The third-order valence-corrected chi connectivity index (χ3v) is 3.26. The van der Waals surface area contributed by atoms with E-state index >= 15 is 0 Å². The van der Waals surface area contributed by atoms with E-state index in [1.807, 2.05) is 0 Å². The fraction of sp³-hybridized carbons (Fsp3) is 0.462. The second kappa shape index (κ2) is 4.94. The Morgan fingerprint density at radius 2 is 2.22 bits per heavy atom. The Bertz CT molecular complexity index is 448. The number of methoxy groups -OCH3 is 1. The lowest BCUT2D eigenvalue weighted by molar-refractivity contribution is -0.145. The summed E-state index contributed by atoms with van der Waals surface area (Å²) in [5.74, 6) is -1.48. The van der Waals surface area contributed by atoms with Gasteiger partial charge in [-0.1, -0.05) is 12.1 Å². The van der Waals surface area contributed by atoms with E-state index in [2.05, 4.69) is 5.32 Å². The van der Waals surface area contributed by atoms with Crippen molar-refractivity contribution >= 4 is 11.7 Å². The number of anilines is 1. The van der Waals surface area contributed by atoms with Crippen molar-refractivity contribution in [2.75, 3.05) is 19.0 Å². The molecule has 0 aliphatic heterocycles. The number of halogens is 1. The molecule has 0 bridgehead atoms. The zero-order chi connectivity index (χ0) is 13.2. The Labute approximate surface area is 105 Å². The van der Waals surface area contributed by atoms with Crippen LogP contribution < -0.4 is 5.32 Å². The Kier molecular flexibility index (Phi) is 3.52. The first-order valence-electron chi connectivity index (χ1n) is 5.85. The van der Waals surface area contributed by atoms with E-state index in [-0.39, 0.29) is 18.2 Å². The fourth-order valence-corrected chi connectivity index (χ4v) is 2.15. The molecule has 1 unspecified atom stereocenters. The maximum atomic E-state index is 13.6. The van der Waals surface area contributed by atoms with Gasteiger partial charge in [0.15, 0.2) is 5.54 Å². The standard InChI is InChI=1S/C13H16FNO3/c1-18-8-13(12(16)17,9-6-7-9)15-11-5-3-2-4-10(11)14/h2-5,9,15H,6-8H2,1H3,(H,16,17). The van der Waals surface area contributed by atoms with Crippen molar-refractivity contribution in [3.05, 3.63) is 30.1 Å². The van der Waals surface area contributed by atoms with Crippen LogP contribution in [0.2, 0.25) is 0 Å². The van der Waals surface area contributed by atoms with Crippen LogP contribution in [0.4, 0.5) is 10.1 Å². The summed E-state index contributed by atoms with van der Waals surface area (Å²) >= 11 is 0. The maximum absolute atomic E-state index is 13.6. The van der Waals surface area contributed by atoms with E-state index in [9.17, 15) is 14.3 Å². The zero-order valence-corrected chi connectivity index (χ0v) is 10.1. The highest BCUT2D eigenvalue weighted by atomic mass is 19.1. The van der Waals surface area contributed by atoms with Crippen molar-refractivity contribution in [2.45, 2.75) is 18.4 Å². The first-order chi connectivity index (χ1) is 8.60. The number of para-hydroxylation sites is 1. The number of nitrogens with one attached hydrogen (secondary N) is 1. The van der Waals surface area contributed by atoms with Gasteiger partial charge in [0.2, 0.25) is 0 Å². The van der Waals surface area contributed by atoms with Crippen LogP contribution in [-0.4, -0.2) is 30.3 Å². The number of carbonyl (C=O) groups is 1. The molecule has 1 fully saturated rings. The predicted octanol–water partition coefficient (Wildman–Crippen LogP) is 2.12. The highest BCUT2D eigenvalue weighted by Crippen LogP contribution is 2.42. The lowest BCUT2D eigenvalue weighted by atomic mass is 9.93. The molecule has 1 atom stereocenters. The number of aliphatic carboxylic acids is 1. The number of benzene rings is 1. The average molecular weight is 253 g/mol. The minimum Gasteiger partial charge on any atom is -0.479 e. The molecule has 1 aromatic rings. The van der Waals surface area contributed by atoms with Crippen LogP contribution in [0.15, 0.2) is 24.3 Å². The zero-order valence-electron chi connectivity index (χ0n) is 10.1. The third kappa shape index (κ3) is 2.31. The molecule has 4 nitrogen and oxygen atoms in total. The van der Waals surface area contributed by atoms with Crippen LogP contribution in [0, 0.1) is 11.7 Å². The molecule has 98 valence electrons. The molecule has 1 saturated carbocycles. The van der Waals surface area contributed by atoms with Gasteiger partial charge in [0.05, 0.1) is 12.3 Å². The highest BCUT2D eigenvalue weighted by molar-refractivity contribution is 5.84. The molecular formula is C13H16FNO3. The molecule has 0 saturated heterocycles. The van der Waals surface area contributed by atoms with E-state index in [0.29, 0.717) is 0 Å². The normalized spacial score (nSPS) is 18.1. The summed E-state index contributed by atoms with van der Waals surface area (Å²) in [6.45, 7) is 0.0152. The van der Waals surface area contributed by atoms with Gasteiger partial charge >= 0.3 is 5.97 Å². The van der Waals surface area contributed by atoms with E-state index < -0.39 is 17.3 Å². The second-order valence-electron chi connectivity index (χ2n) is 4.59. The summed E-state index contributed by atoms with van der Waals surface area (Å²) in [5.41, 5.74) is -1.04. The number of hydrogen-bond acceptors (Lipinski definition) is 3. The molecule has 0 radical (unpaired) electrons. The van der Waals surface area contributed by atoms with E-state index in [0.717, 1.165) is 12.8 Å². The number of hydrogen-bond donors (Lipinski definition) is 2. The van der Waals surface area contributed by atoms with Gasteiger partial charge in [-0.25, -0.2) is 9.18 Å². The monoisotopic (exact) mass is 253 g/mol. The van der Waals surface area contributed by atoms with Crippen LogP contribution in [-0.2, 0) is 9.53 Å². The fourth-order valence-electron chi connectivity index (χ4n) is 2.15. The van der Waals surface area contributed by atoms with Gasteiger partial charge in [-0.15, -0.1) is 0 Å². The van der Waals surface area contributed by atoms with E-state index in [4.69, 9.17) is 4.74 Å². The van der Waals surface area contributed by atoms with Crippen LogP contribution in [0.5, 0.6) is 0 Å². The molecule has 1 aliphatic carbocycles. The van der Waals surface area contributed by atoms with Crippen molar-refractivity contribution in [3.63, 3.8) is 0 Å². The molecule has 0 heterocycles. The Balaban J connectivity index is 2.30. The lowest BCUT2D eigenvalue weighted by Crippen LogP contribution is -2.52. The molecule has 0 amide bonds. The summed E-state index contributed by atoms with van der Waals surface area (Å²) in [6.07, 6.45) is 1.63. The predicted molar refractivity (Wildman–Crippen MR) is 65.0 cm³/mol. The first kappa shape index (κ1) is 12.8. The minimum absolute atomic E-state index is 0.0152. The van der Waals surface area contributed by atoms with Crippen molar-refractivity contribution < 1.29 is 19.0 Å². The van der Waals surface area contributed by atoms with Gasteiger partial charge in [-0.2, -0.15) is 0 Å². The summed E-state index contributed by atoms with van der Waals surface area (Å²) < 4.78 is 18.6. The summed E-state index contributed by atoms with van der Waals surface area (Å²) in [7, 11) is 1.45. The number of rotatable bonds is 6. The molecule has 2 rings (SSSR count). The molecule has 0 spiro atoms. The van der Waals surface area contributed by atoms with Crippen molar-refractivity contribution in [2.24, 2.45) is 5.92 Å². The second-order valence-corrected chi connectivity index (χ2v) is 4.59. The highest BCUT2D eigenvalue weighted by Gasteiger charge is 2.51. The maximum Gasteiger partial charge on any atom is 0.332 e. The van der Waals surface area contributed by atoms with Gasteiger partial charge in [0, 0.05) is 7.11 Å². The SMILES string of the molecule is COCC(Nc1ccccc1F)(C(=O)O)C1CC1. The lowest BCUT2D eigenvalue weighted by Gasteiger charge is -2.31. The van der Waals surface area contributed by atoms with Crippen LogP contribution in [0.3, 0.4) is 0 Å². The van der Waals surface area contributed by atoms with Gasteiger partial charge in [-0.05, 0) is 30.9 Å². The molecule has 18 heavy (non-hydrogen) atoms. The van der Waals surface area contributed by atoms with Crippen LogP contribution in [0.25, 0.3) is 0 Å². The molecule has 5 heteroatoms. The van der Waals surface area contributed by atoms with E-state index in [1.54, 1.807) is 12.1 Å². The van der Waals surface area contributed by atoms with E-state index in [1.165, 1.54) is 19.2 Å².